The van der Waals surface area contributed by atoms with Crippen molar-refractivity contribution < 1.29 is 9.84 Å². The SMILES string of the molecule is CC1=CC2=NC([C@@H](C)N)CN2C=C1.CCn1ncc2cc(C(N)C3CC3)ccc21.COCC(N)c1cnc2ccccc2c1.NC(CO)c1cnc2ccccc2c1.NC(c1cnc2ccccc2n1)C1CC1. The molecule has 0 saturated heterocycles. The van der Waals surface area contributed by atoms with Crippen LogP contribution < -0.4 is 28.7 Å². The van der Waals surface area contributed by atoms with E-state index < -0.39 is 0 Å². The number of aliphatic hydroxyl groups excluding tert-OH is 1. The van der Waals surface area contributed by atoms with E-state index in [1.165, 1.54) is 47.7 Å². The van der Waals surface area contributed by atoms with Crippen molar-refractivity contribution in [3.05, 3.63) is 174 Å². The van der Waals surface area contributed by atoms with Crippen LogP contribution in [0.5, 0.6) is 0 Å². The number of aliphatic hydroxyl groups is 1. The van der Waals surface area contributed by atoms with Gasteiger partial charge in [0.25, 0.3) is 0 Å². The smallest absolute Gasteiger partial charge is 0.128 e. The summed E-state index contributed by atoms with van der Waals surface area (Å²) < 4.78 is 7.03. The fourth-order valence-corrected chi connectivity index (χ4v) is 8.66. The number of allylic oxidation sites excluding steroid dienone is 2. The zero-order valence-electron chi connectivity index (χ0n) is 42.5. The standard InChI is InChI=1S/C13H17N3.C12H13N3.C12H14N2O.C11H12N2O.C10H15N3/c1-2-16-12-6-5-10(7-11(12)8-15-16)13(14)9-3-4-9;13-12(8-5-6-8)11-7-14-9-3-1-2-4-10(9)15-11;1-15-8-11(13)10-6-9-4-2-3-5-12(9)14-7-10;12-10(7-14)9-5-8-3-1-2-4-11(8)13-6-9;1-7-3-4-13-6-9(8(2)11)12-10(13)5-7/h5-9,13H,2-4,14H2,1H3;1-4,7-8,12H,5-6,13H2;2-7,11H,8,13H2,1H3;1-6,10,14H,7,12H2;3-5,8-9H,6,11H2,1-2H3/t;;;;8-,9?/m....1/s1. The molecule has 15 heteroatoms. The Bertz CT molecular complexity index is 3180. The summed E-state index contributed by atoms with van der Waals surface area (Å²) in [5.41, 5.74) is 40.0. The Morgan fingerprint density at radius 1 is 0.671 bits per heavy atom. The maximum Gasteiger partial charge on any atom is 0.128 e. The van der Waals surface area contributed by atoms with Gasteiger partial charge in [-0.2, -0.15) is 5.10 Å². The molecule has 6 heterocycles. The zero-order valence-corrected chi connectivity index (χ0v) is 42.5. The Morgan fingerprint density at radius 2 is 1.25 bits per heavy atom. The van der Waals surface area contributed by atoms with Gasteiger partial charge in [-0.1, -0.05) is 54.6 Å². The van der Waals surface area contributed by atoms with E-state index in [2.05, 4.69) is 91.4 Å². The second-order valence-corrected chi connectivity index (χ2v) is 19.3. The number of para-hydroxylation sites is 4. The van der Waals surface area contributed by atoms with Gasteiger partial charge in [0, 0.05) is 67.0 Å². The first-order valence-corrected chi connectivity index (χ1v) is 25.4. The third-order valence-electron chi connectivity index (χ3n) is 13.5. The minimum absolute atomic E-state index is 0.0555. The molecule has 0 amide bonds. The number of benzene rings is 4. The van der Waals surface area contributed by atoms with Gasteiger partial charge in [0.2, 0.25) is 0 Å². The molecule has 15 nitrogen and oxygen atoms in total. The molecule has 8 aromatic rings. The minimum atomic E-state index is -0.341. The van der Waals surface area contributed by atoms with Crippen LogP contribution in [0.4, 0.5) is 0 Å². The first-order chi connectivity index (χ1) is 35.4. The number of nitrogens with zero attached hydrogens (tertiary/aromatic N) is 8. The van der Waals surface area contributed by atoms with E-state index in [0.717, 1.165) is 68.6 Å². The topological polar surface area (TPSA) is 245 Å². The predicted octanol–water partition coefficient (Wildman–Crippen LogP) is 8.50. The molecular weight excluding hydrogens is 911 g/mol. The van der Waals surface area contributed by atoms with Crippen LogP contribution in [0.3, 0.4) is 0 Å². The van der Waals surface area contributed by atoms with Crippen molar-refractivity contribution >= 4 is 49.6 Å². The third-order valence-corrected chi connectivity index (χ3v) is 13.5. The summed E-state index contributed by atoms with van der Waals surface area (Å²) in [4.78, 5) is 24.2. The summed E-state index contributed by atoms with van der Waals surface area (Å²) in [6.45, 7) is 8.49. The molecule has 73 heavy (non-hydrogen) atoms. The lowest BCUT2D eigenvalue weighted by molar-refractivity contribution is 0.181. The van der Waals surface area contributed by atoms with Crippen molar-refractivity contribution in [2.24, 2.45) is 45.5 Å². The van der Waals surface area contributed by atoms with E-state index in [-0.39, 0.29) is 42.9 Å². The minimum Gasteiger partial charge on any atom is -0.394 e. The maximum atomic E-state index is 8.91. The molecule has 2 aliphatic heterocycles. The molecule has 0 radical (unpaired) electrons. The van der Waals surface area contributed by atoms with E-state index in [1.54, 1.807) is 13.3 Å². The lowest BCUT2D eigenvalue weighted by Gasteiger charge is -2.18. The number of amidine groups is 1. The molecule has 4 aromatic carbocycles. The summed E-state index contributed by atoms with van der Waals surface area (Å²) in [5.74, 6) is 2.39. The number of methoxy groups -OCH3 is 1. The van der Waals surface area contributed by atoms with Crippen molar-refractivity contribution in [3.63, 3.8) is 0 Å². The van der Waals surface area contributed by atoms with Crippen LogP contribution in [-0.2, 0) is 11.3 Å². The largest absolute Gasteiger partial charge is 0.394 e. The number of aryl methyl sites for hydroxylation is 1. The third kappa shape index (κ3) is 13.8. The molecule has 0 spiro atoms. The average Bonchev–Trinajstić information content (AvgIpc) is 4.38. The number of nitrogens with two attached hydrogens (primary N) is 5. The number of pyridine rings is 2. The summed E-state index contributed by atoms with van der Waals surface area (Å²) >= 11 is 0. The monoisotopic (exact) mass is 982 g/mol. The average molecular weight is 982 g/mol. The Kier molecular flexibility index (Phi) is 17.8. The highest BCUT2D eigenvalue weighted by Gasteiger charge is 2.31. The summed E-state index contributed by atoms with van der Waals surface area (Å²) in [7, 11) is 1.65. The molecule has 5 unspecified atom stereocenters. The fraction of sp³-hybridized carbons (Fsp3) is 0.345. The predicted molar refractivity (Wildman–Crippen MR) is 295 cm³/mol. The Balaban J connectivity index is 0.000000122. The zero-order chi connectivity index (χ0) is 51.4. The molecule has 2 aliphatic carbocycles. The van der Waals surface area contributed by atoms with Gasteiger partial charge in [-0.25, -0.2) is 4.98 Å². The van der Waals surface area contributed by atoms with Crippen LogP contribution in [0.2, 0.25) is 0 Å². The molecule has 4 aromatic heterocycles. The lowest BCUT2D eigenvalue weighted by Crippen LogP contribution is -2.34. The van der Waals surface area contributed by atoms with E-state index in [0.29, 0.717) is 18.4 Å². The molecule has 11 N–H and O–H groups in total. The highest BCUT2D eigenvalue weighted by Crippen LogP contribution is 2.40. The normalized spacial score (nSPS) is 17.8. The number of ether oxygens (including phenoxy) is 1. The fourth-order valence-electron chi connectivity index (χ4n) is 8.66. The van der Waals surface area contributed by atoms with Crippen LogP contribution in [0, 0.1) is 11.8 Å². The maximum absolute atomic E-state index is 8.91. The Morgan fingerprint density at radius 3 is 1.85 bits per heavy atom. The van der Waals surface area contributed by atoms with Crippen molar-refractivity contribution in [1.29, 1.82) is 0 Å². The van der Waals surface area contributed by atoms with E-state index in [9.17, 15) is 0 Å². The van der Waals surface area contributed by atoms with E-state index in [1.807, 2.05) is 109 Å². The van der Waals surface area contributed by atoms with Crippen molar-refractivity contribution in [1.82, 2.24) is 34.6 Å². The first kappa shape index (κ1) is 52.5. The Labute approximate surface area is 428 Å². The van der Waals surface area contributed by atoms with Crippen LogP contribution >= 0.6 is 0 Å². The Hall–Kier alpha value is -6.82. The van der Waals surface area contributed by atoms with E-state index in [4.69, 9.17) is 38.5 Å². The molecule has 4 aliphatic rings. The highest BCUT2D eigenvalue weighted by molar-refractivity contribution is 5.97. The number of hydrogen-bond donors (Lipinski definition) is 6. The first-order valence-electron chi connectivity index (χ1n) is 25.4. The molecule has 6 atom stereocenters. The van der Waals surface area contributed by atoms with Crippen molar-refractivity contribution in [2.75, 3.05) is 26.9 Å². The van der Waals surface area contributed by atoms with Gasteiger partial charge >= 0.3 is 0 Å². The van der Waals surface area contributed by atoms with Crippen molar-refractivity contribution in [2.45, 2.75) is 89.3 Å². The van der Waals surface area contributed by atoms with Crippen LogP contribution in [0.25, 0.3) is 43.7 Å². The lowest BCUT2D eigenvalue weighted by atomic mass is 10.0. The summed E-state index contributed by atoms with van der Waals surface area (Å²) in [5, 5.41) is 16.6. The van der Waals surface area contributed by atoms with Crippen LogP contribution in [-0.4, -0.2) is 84.5 Å². The summed E-state index contributed by atoms with van der Waals surface area (Å²) in [6.07, 6.45) is 18.6. The summed E-state index contributed by atoms with van der Waals surface area (Å²) in [6, 6.07) is 34.5. The molecule has 0 bridgehead atoms. The van der Waals surface area contributed by atoms with Gasteiger partial charge in [0.15, 0.2) is 0 Å². The number of aromatic nitrogens is 6. The molecule has 380 valence electrons. The van der Waals surface area contributed by atoms with Crippen molar-refractivity contribution in [3.8, 4) is 0 Å². The second-order valence-electron chi connectivity index (χ2n) is 19.3. The molecule has 2 saturated carbocycles. The second kappa shape index (κ2) is 24.7. The van der Waals surface area contributed by atoms with Gasteiger partial charge in [-0.05, 0) is 141 Å². The van der Waals surface area contributed by atoms with Gasteiger partial charge in [0.05, 0.1) is 83.1 Å². The van der Waals surface area contributed by atoms with Gasteiger partial charge in [-0.15, -0.1) is 0 Å². The molecular formula is C58H71N13O2. The number of rotatable bonds is 11. The highest BCUT2D eigenvalue weighted by atomic mass is 16.5. The number of aliphatic imine (C=N–C) groups is 1. The molecule has 12 rings (SSSR count). The van der Waals surface area contributed by atoms with Crippen LogP contribution in [0.1, 0.15) is 93.0 Å². The van der Waals surface area contributed by atoms with Gasteiger partial charge in [0.1, 0.15) is 5.84 Å². The molecule has 2 fully saturated rings. The number of fused-ring (bicyclic) bond motifs is 5. The van der Waals surface area contributed by atoms with Gasteiger partial charge < -0.3 is 43.4 Å². The number of hydrogen-bond acceptors (Lipinski definition) is 14. The van der Waals surface area contributed by atoms with E-state index >= 15 is 0 Å². The quantitative estimate of drug-likeness (QED) is 0.0713. The van der Waals surface area contributed by atoms with Gasteiger partial charge in [-0.3, -0.25) is 24.6 Å². The van der Waals surface area contributed by atoms with Crippen LogP contribution in [0.15, 0.2) is 157 Å².